The second-order valence-corrected chi connectivity index (χ2v) is 5.09. The Morgan fingerprint density at radius 1 is 1.44 bits per heavy atom. The third-order valence-corrected chi connectivity index (χ3v) is 3.88. The van der Waals surface area contributed by atoms with Crippen molar-refractivity contribution in [2.24, 2.45) is 0 Å². The van der Waals surface area contributed by atoms with Gasteiger partial charge in [0.25, 0.3) is 0 Å². The van der Waals surface area contributed by atoms with Crippen molar-refractivity contribution < 1.29 is 0 Å². The first-order valence-electron chi connectivity index (χ1n) is 5.93. The van der Waals surface area contributed by atoms with E-state index in [1.165, 1.54) is 31.2 Å². The highest BCUT2D eigenvalue weighted by molar-refractivity contribution is 9.09. The number of hydrogen-bond donors (Lipinski definition) is 0. The molecule has 88 valence electrons. The first-order valence-corrected chi connectivity index (χ1v) is 7.05. The minimum absolute atomic E-state index is 0.568. The van der Waals surface area contributed by atoms with Crippen LogP contribution >= 0.6 is 15.9 Å². The van der Waals surface area contributed by atoms with Crippen LogP contribution in [0, 0.1) is 6.92 Å². The van der Waals surface area contributed by atoms with Gasteiger partial charge in [0.05, 0.1) is 6.20 Å². The molecule has 0 bridgehead atoms. The van der Waals surface area contributed by atoms with Crippen LogP contribution in [0.2, 0.25) is 0 Å². The second-order valence-electron chi connectivity index (χ2n) is 4.44. The fourth-order valence-corrected chi connectivity index (χ4v) is 2.90. The smallest absolute Gasteiger partial charge is 0.151 e. The van der Waals surface area contributed by atoms with E-state index in [0.29, 0.717) is 6.04 Å². The van der Waals surface area contributed by atoms with Crippen LogP contribution in [0.25, 0.3) is 0 Å². The van der Waals surface area contributed by atoms with E-state index in [9.17, 15) is 0 Å². The van der Waals surface area contributed by atoms with Crippen LogP contribution < -0.4 is 4.90 Å². The Labute approximate surface area is 105 Å². The molecule has 16 heavy (non-hydrogen) atoms. The molecule has 0 saturated carbocycles. The number of alkyl halides is 1. The van der Waals surface area contributed by atoms with Gasteiger partial charge in [0, 0.05) is 17.9 Å². The summed E-state index contributed by atoms with van der Waals surface area (Å²) in [6, 6.07) is 2.70. The van der Waals surface area contributed by atoms with Gasteiger partial charge >= 0.3 is 0 Å². The number of aromatic nitrogens is 2. The highest BCUT2D eigenvalue weighted by Gasteiger charge is 2.21. The van der Waals surface area contributed by atoms with E-state index in [2.05, 4.69) is 44.0 Å². The van der Waals surface area contributed by atoms with Crippen LogP contribution in [0.5, 0.6) is 0 Å². The maximum atomic E-state index is 4.26. The van der Waals surface area contributed by atoms with Gasteiger partial charge in [-0.2, -0.15) is 5.10 Å². The molecule has 0 radical (unpaired) electrons. The average molecular weight is 284 g/mol. The van der Waals surface area contributed by atoms with Crippen LogP contribution in [0.4, 0.5) is 5.82 Å². The van der Waals surface area contributed by atoms with E-state index in [0.717, 1.165) is 17.7 Å². The lowest BCUT2D eigenvalue weighted by atomic mass is 10.1. The maximum Gasteiger partial charge on any atom is 0.151 e. The second kappa shape index (κ2) is 5.62. The molecule has 1 unspecified atom stereocenters. The Morgan fingerprint density at radius 3 is 3.06 bits per heavy atom. The van der Waals surface area contributed by atoms with Crippen molar-refractivity contribution in [3.05, 3.63) is 17.8 Å². The van der Waals surface area contributed by atoms with E-state index < -0.39 is 0 Å². The minimum Gasteiger partial charge on any atom is -0.351 e. The summed E-state index contributed by atoms with van der Waals surface area (Å²) in [6.07, 6.45) is 6.98. The standard InChI is InChI=1S/C12H18BrN3/c1-10-7-12(15-14-9-10)16-6-4-2-3-5-11(16)8-13/h7,9,11H,2-6,8H2,1H3. The lowest BCUT2D eigenvalue weighted by Crippen LogP contribution is -2.36. The first-order chi connectivity index (χ1) is 7.81. The van der Waals surface area contributed by atoms with Crippen molar-refractivity contribution >= 4 is 21.7 Å². The van der Waals surface area contributed by atoms with Gasteiger partial charge in [0.2, 0.25) is 0 Å². The highest BCUT2D eigenvalue weighted by Crippen LogP contribution is 2.23. The maximum absolute atomic E-state index is 4.26. The van der Waals surface area contributed by atoms with Gasteiger partial charge in [0.15, 0.2) is 5.82 Å². The van der Waals surface area contributed by atoms with Crippen LogP contribution in [0.15, 0.2) is 12.3 Å². The lowest BCUT2D eigenvalue weighted by Gasteiger charge is -2.29. The number of halogens is 1. The Balaban J connectivity index is 2.21. The van der Waals surface area contributed by atoms with Crippen molar-refractivity contribution in [3.8, 4) is 0 Å². The molecule has 4 heteroatoms. The molecule has 2 heterocycles. The predicted molar refractivity (Wildman–Crippen MR) is 70.2 cm³/mol. The van der Waals surface area contributed by atoms with Crippen molar-refractivity contribution in [2.45, 2.75) is 38.6 Å². The Hall–Kier alpha value is -0.640. The fraction of sp³-hybridized carbons (Fsp3) is 0.667. The molecule has 0 aromatic carbocycles. The summed E-state index contributed by atoms with van der Waals surface area (Å²) < 4.78 is 0. The topological polar surface area (TPSA) is 29.0 Å². The molecule has 1 aromatic heterocycles. The number of nitrogens with zero attached hydrogens (tertiary/aromatic N) is 3. The Bertz CT molecular complexity index is 343. The van der Waals surface area contributed by atoms with Crippen LogP contribution in [0.3, 0.4) is 0 Å². The molecule has 0 amide bonds. The van der Waals surface area contributed by atoms with Crippen LogP contribution in [-0.4, -0.2) is 28.1 Å². The van der Waals surface area contributed by atoms with E-state index in [4.69, 9.17) is 0 Å². The molecule has 3 nitrogen and oxygen atoms in total. The summed E-state index contributed by atoms with van der Waals surface area (Å²) in [5.41, 5.74) is 1.18. The van der Waals surface area contributed by atoms with Gasteiger partial charge in [-0.1, -0.05) is 28.8 Å². The third-order valence-electron chi connectivity index (χ3n) is 3.13. The van der Waals surface area contributed by atoms with E-state index in [-0.39, 0.29) is 0 Å². The quantitative estimate of drug-likeness (QED) is 0.782. The zero-order chi connectivity index (χ0) is 11.4. The number of hydrogen-bond acceptors (Lipinski definition) is 3. The average Bonchev–Trinajstić information content (AvgIpc) is 2.53. The molecule has 0 N–H and O–H groups in total. The largest absolute Gasteiger partial charge is 0.351 e. The molecule has 1 aliphatic rings. The number of rotatable bonds is 2. The number of anilines is 1. The lowest BCUT2D eigenvalue weighted by molar-refractivity contribution is 0.618. The summed E-state index contributed by atoms with van der Waals surface area (Å²) >= 11 is 3.61. The zero-order valence-corrected chi connectivity index (χ0v) is 11.3. The highest BCUT2D eigenvalue weighted by atomic mass is 79.9. The summed E-state index contributed by atoms with van der Waals surface area (Å²) in [5, 5.41) is 9.33. The molecule has 0 spiro atoms. The van der Waals surface area contributed by atoms with Gasteiger partial charge in [-0.05, 0) is 31.4 Å². The molecular formula is C12H18BrN3. The van der Waals surface area contributed by atoms with Gasteiger partial charge in [-0.3, -0.25) is 0 Å². The molecule has 1 aliphatic heterocycles. The van der Waals surface area contributed by atoms with E-state index in [1.807, 2.05) is 6.20 Å². The van der Waals surface area contributed by atoms with Crippen LogP contribution in [-0.2, 0) is 0 Å². The normalized spacial score (nSPS) is 21.9. The van der Waals surface area contributed by atoms with Gasteiger partial charge in [-0.25, -0.2) is 0 Å². The van der Waals surface area contributed by atoms with E-state index in [1.54, 1.807) is 0 Å². The van der Waals surface area contributed by atoms with Crippen molar-refractivity contribution in [3.63, 3.8) is 0 Å². The van der Waals surface area contributed by atoms with Crippen molar-refractivity contribution in [1.29, 1.82) is 0 Å². The monoisotopic (exact) mass is 283 g/mol. The van der Waals surface area contributed by atoms with Crippen molar-refractivity contribution in [2.75, 3.05) is 16.8 Å². The summed E-state index contributed by atoms with van der Waals surface area (Å²) in [5.74, 6) is 1.03. The zero-order valence-electron chi connectivity index (χ0n) is 9.69. The first kappa shape index (κ1) is 11.8. The van der Waals surface area contributed by atoms with Gasteiger partial charge in [-0.15, -0.1) is 5.10 Å². The van der Waals surface area contributed by atoms with Crippen LogP contribution in [0.1, 0.15) is 31.2 Å². The molecular weight excluding hydrogens is 266 g/mol. The summed E-state index contributed by atoms with van der Waals surface area (Å²) in [7, 11) is 0. The fourth-order valence-electron chi connectivity index (χ4n) is 2.23. The van der Waals surface area contributed by atoms with E-state index >= 15 is 0 Å². The van der Waals surface area contributed by atoms with Gasteiger partial charge < -0.3 is 4.90 Å². The molecule has 1 atom stereocenters. The molecule has 0 aliphatic carbocycles. The third kappa shape index (κ3) is 2.73. The molecule has 1 fully saturated rings. The SMILES string of the molecule is Cc1cnnc(N2CCCCCC2CBr)c1. The van der Waals surface area contributed by atoms with Crippen molar-refractivity contribution in [1.82, 2.24) is 10.2 Å². The Kier molecular flexibility index (Phi) is 4.16. The van der Waals surface area contributed by atoms with Gasteiger partial charge in [0.1, 0.15) is 0 Å². The summed E-state index contributed by atoms with van der Waals surface area (Å²) in [4.78, 5) is 2.40. The molecule has 2 rings (SSSR count). The Morgan fingerprint density at radius 2 is 2.31 bits per heavy atom. The minimum atomic E-state index is 0.568. The number of aryl methyl sites for hydroxylation is 1. The molecule has 1 aromatic rings. The molecule has 1 saturated heterocycles. The summed E-state index contributed by atoms with van der Waals surface area (Å²) in [6.45, 7) is 3.17. The predicted octanol–water partition coefficient (Wildman–Crippen LogP) is 2.93.